The summed E-state index contributed by atoms with van der Waals surface area (Å²) in [5, 5.41) is 3.98. The summed E-state index contributed by atoms with van der Waals surface area (Å²) in [4.78, 5) is 11.9. The standard InChI is InChI=1S/C12H12O2S/c1-8-5-11(9(2)14-8)12(13)6-10-3-4-15-7-10/h3-5,7H,6H2,1-2H3. The molecule has 0 bridgehead atoms. The minimum atomic E-state index is 0.128. The molecule has 0 radical (unpaired) electrons. The summed E-state index contributed by atoms with van der Waals surface area (Å²) < 4.78 is 5.34. The molecule has 0 saturated heterocycles. The second-order valence-electron chi connectivity index (χ2n) is 3.56. The predicted octanol–water partition coefficient (Wildman–Crippen LogP) is 3.38. The lowest BCUT2D eigenvalue weighted by molar-refractivity contribution is 0.0991. The molecule has 0 atom stereocenters. The number of carbonyl (C=O) groups is 1. The second kappa shape index (κ2) is 4.03. The van der Waals surface area contributed by atoms with Crippen LogP contribution in [0.1, 0.15) is 27.4 Å². The van der Waals surface area contributed by atoms with Crippen molar-refractivity contribution in [2.24, 2.45) is 0 Å². The van der Waals surface area contributed by atoms with Crippen molar-refractivity contribution in [3.05, 3.63) is 45.5 Å². The van der Waals surface area contributed by atoms with Crippen LogP contribution < -0.4 is 0 Å². The Morgan fingerprint density at radius 1 is 1.47 bits per heavy atom. The van der Waals surface area contributed by atoms with E-state index in [1.807, 2.05) is 36.7 Å². The fourth-order valence-corrected chi connectivity index (χ4v) is 2.25. The van der Waals surface area contributed by atoms with Crippen LogP contribution >= 0.6 is 11.3 Å². The highest BCUT2D eigenvalue weighted by atomic mass is 32.1. The van der Waals surface area contributed by atoms with E-state index in [4.69, 9.17) is 4.42 Å². The van der Waals surface area contributed by atoms with Gasteiger partial charge in [-0.05, 0) is 42.3 Å². The molecule has 2 rings (SSSR count). The molecule has 0 unspecified atom stereocenters. The third kappa shape index (κ3) is 2.18. The number of hydrogen-bond acceptors (Lipinski definition) is 3. The lowest BCUT2D eigenvalue weighted by Gasteiger charge is -1.96. The fourth-order valence-electron chi connectivity index (χ4n) is 1.58. The highest BCUT2D eigenvalue weighted by Gasteiger charge is 2.13. The summed E-state index contributed by atoms with van der Waals surface area (Å²) in [6.07, 6.45) is 0.462. The molecule has 0 fully saturated rings. The van der Waals surface area contributed by atoms with Gasteiger partial charge in [0.2, 0.25) is 0 Å². The van der Waals surface area contributed by atoms with E-state index in [-0.39, 0.29) is 5.78 Å². The van der Waals surface area contributed by atoms with Crippen molar-refractivity contribution in [2.45, 2.75) is 20.3 Å². The Hall–Kier alpha value is -1.35. The number of rotatable bonds is 3. The lowest BCUT2D eigenvalue weighted by Crippen LogP contribution is -2.02. The van der Waals surface area contributed by atoms with Crippen LogP contribution in [0.15, 0.2) is 27.3 Å². The topological polar surface area (TPSA) is 30.2 Å². The van der Waals surface area contributed by atoms with E-state index >= 15 is 0 Å². The maximum atomic E-state index is 11.9. The zero-order chi connectivity index (χ0) is 10.8. The average Bonchev–Trinajstić information content (AvgIpc) is 2.75. The first-order valence-electron chi connectivity index (χ1n) is 4.78. The molecule has 2 aromatic heterocycles. The quantitative estimate of drug-likeness (QED) is 0.742. The van der Waals surface area contributed by atoms with Crippen LogP contribution in [0.2, 0.25) is 0 Å². The van der Waals surface area contributed by atoms with Gasteiger partial charge in [0.15, 0.2) is 5.78 Å². The Morgan fingerprint density at radius 2 is 2.27 bits per heavy atom. The monoisotopic (exact) mass is 220 g/mol. The molecule has 0 aliphatic heterocycles. The second-order valence-corrected chi connectivity index (χ2v) is 4.34. The average molecular weight is 220 g/mol. The van der Waals surface area contributed by atoms with Gasteiger partial charge in [0.05, 0.1) is 5.56 Å². The predicted molar refractivity (Wildman–Crippen MR) is 60.5 cm³/mol. The number of hydrogen-bond donors (Lipinski definition) is 0. The normalized spacial score (nSPS) is 10.5. The van der Waals surface area contributed by atoms with Crippen LogP contribution in [0.4, 0.5) is 0 Å². The largest absolute Gasteiger partial charge is 0.466 e. The van der Waals surface area contributed by atoms with Crippen molar-refractivity contribution in [3.63, 3.8) is 0 Å². The maximum absolute atomic E-state index is 11.9. The zero-order valence-corrected chi connectivity index (χ0v) is 9.56. The third-order valence-electron chi connectivity index (χ3n) is 2.29. The van der Waals surface area contributed by atoms with E-state index in [1.54, 1.807) is 11.3 Å². The van der Waals surface area contributed by atoms with Crippen molar-refractivity contribution in [1.29, 1.82) is 0 Å². The summed E-state index contributed by atoms with van der Waals surface area (Å²) in [5.41, 5.74) is 1.78. The molecule has 15 heavy (non-hydrogen) atoms. The van der Waals surface area contributed by atoms with Gasteiger partial charge in [0.1, 0.15) is 11.5 Å². The Balaban J connectivity index is 2.18. The molecule has 2 heterocycles. The Morgan fingerprint density at radius 3 is 2.80 bits per heavy atom. The molecule has 0 aromatic carbocycles. The number of Topliss-reactive ketones (excluding diaryl/α,β-unsaturated/α-hetero) is 1. The number of aryl methyl sites for hydroxylation is 2. The zero-order valence-electron chi connectivity index (χ0n) is 8.74. The van der Waals surface area contributed by atoms with Crippen molar-refractivity contribution in [2.75, 3.05) is 0 Å². The number of ketones is 1. The highest BCUT2D eigenvalue weighted by molar-refractivity contribution is 7.08. The molecule has 2 aromatic rings. The van der Waals surface area contributed by atoms with E-state index in [0.717, 1.165) is 11.3 Å². The van der Waals surface area contributed by atoms with E-state index in [9.17, 15) is 4.79 Å². The first-order chi connectivity index (χ1) is 7.16. The molecule has 0 aliphatic carbocycles. The Bertz CT molecular complexity index is 466. The smallest absolute Gasteiger partial charge is 0.170 e. The van der Waals surface area contributed by atoms with Gasteiger partial charge >= 0.3 is 0 Å². The number of thiophene rings is 1. The SMILES string of the molecule is Cc1cc(C(=O)Cc2ccsc2)c(C)o1. The molecule has 3 heteroatoms. The first-order valence-corrected chi connectivity index (χ1v) is 5.72. The summed E-state index contributed by atoms with van der Waals surface area (Å²) in [6.45, 7) is 3.68. The molecular weight excluding hydrogens is 208 g/mol. The fraction of sp³-hybridized carbons (Fsp3) is 0.250. The molecular formula is C12H12O2S. The molecule has 0 aliphatic rings. The van der Waals surface area contributed by atoms with Crippen LogP contribution in [0.3, 0.4) is 0 Å². The van der Waals surface area contributed by atoms with Crippen LogP contribution in [-0.4, -0.2) is 5.78 Å². The summed E-state index contributed by atoms with van der Waals surface area (Å²) in [5.74, 6) is 1.64. The van der Waals surface area contributed by atoms with Crippen molar-refractivity contribution >= 4 is 17.1 Å². The molecule has 2 nitrogen and oxygen atoms in total. The van der Waals surface area contributed by atoms with Gasteiger partial charge in [-0.2, -0.15) is 11.3 Å². The van der Waals surface area contributed by atoms with E-state index < -0.39 is 0 Å². The van der Waals surface area contributed by atoms with Crippen molar-refractivity contribution < 1.29 is 9.21 Å². The van der Waals surface area contributed by atoms with Crippen molar-refractivity contribution in [1.82, 2.24) is 0 Å². The molecule has 0 amide bonds. The van der Waals surface area contributed by atoms with Crippen LogP contribution in [0.5, 0.6) is 0 Å². The van der Waals surface area contributed by atoms with Gasteiger partial charge < -0.3 is 4.42 Å². The maximum Gasteiger partial charge on any atom is 0.170 e. The highest BCUT2D eigenvalue weighted by Crippen LogP contribution is 2.17. The van der Waals surface area contributed by atoms with Crippen LogP contribution in [-0.2, 0) is 6.42 Å². The third-order valence-corrected chi connectivity index (χ3v) is 3.02. The summed E-state index contributed by atoms with van der Waals surface area (Å²) >= 11 is 1.61. The lowest BCUT2D eigenvalue weighted by atomic mass is 10.1. The summed E-state index contributed by atoms with van der Waals surface area (Å²) in [7, 11) is 0. The number of furan rings is 1. The molecule has 0 spiro atoms. The molecule has 0 saturated carbocycles. The van der Waals surface area contributed by atoms with Gasteiger partial charge in [-0.15, -0.1) is 0 Å². The number of carbonyl (C=O) groups excluding carboxylic acids is 1. The van der Waals surface area contributed by atoms with Gasteiger partial charge in [-0.1, -0.05) is 0 Å². The van der Waals surface area contributed by atoms with E-state index in [1.165, 1.54) is 0 Å². The first kappa shape index (κ1) is 10.2. The van der Waals surface area contributed by atoms with Gasteiger partial charge in [0, 0.05) is 6.42 Å². The molecule has 78 valence electrons. The van der Waals surface area contributed by atoms with Crippen LogP contribution in [0.25, 0.3) is 0 Å². The minimum absolute atomic E-state index is 0.128. The minimum Gasteiger partial charge on any atom is -0.466 e. The van der Waals surface area contributed by atoms with Gasteiger partial charge in [-0.25, -0.2) is 0 Å². The van der Waals surface area contributed by atoms with Crippen LogP contribution in [0, 0.1) is 13.8 Å². The van der Waals surface area contributed by atoms with Crippen molar-refractivity contribution in [3.8, 4) is 0 Å². The van der Waals surface area contributed by atoms with Gasteiger partial charge in [-0.3, -0.25) is 4.79 Å². The Labute approximate surface area is 92.5 Å². The Kier molecular flexibility index (Phi) is 2.73. The molecule has 0 N–H and O–H groups in total. The van der Waals surface area contributed by atoms with E-state index in [0.29, 0.717) is 17.7 Å². The summed E-state index contributed by atoms with van der Waals surface area (Å²) in [6, 6.07) is 3.79. The van der Waals surface area contributed by atoms with Gasteiger partial charge in [0.25, 0.3) is 0 Å². The van der Waals surface area contributed by atoms with E-state index in [2.05, 4.69) is 0 Å².